The highest BCUT2D eigenvalue weighted by Crippen LogP contribution is 2.49. The molecule has 5 rings (SSSR count). The normalized spacial score (nSPS) is 18.6. The molecule has 3 aromatic carbocycles. The van der Waals surface area contributed by atoms with Crippen LogP contribution in [0.15, 0.2) is 83.9 Å². The molecule has 1 aliphatic heterocycles. The smallest absolute Gasteiger partial charge is 0.436 e. The molecule has 2 heterocycles. The predicted molar refractivity (Wildman–Crippen MR) is 108 cm³/mol. The maximum Gasteiger partial charge on any atom is 0.454 e. The van der Waals surface area contributed by atoms with Crippen LogP contribution in [0.3, 0.4) is 0 Å². The summed E-state index contributed by atoms with van der Waals surface area (Å²) in [5.74, 6) is -0.274. The van der Waals surface area contributed by atoms with Gasteiger partial charge in [0.1, 0.15) is 0 Å². The van der Waals surface area contributed by atoms with Crippen LogP contribution in [-0.4, -0.2) is 21.6 Å². The van der Waals surface area contributed by atoms with E-state index in [2.05, 4.69) is 9.98 Å². The number of ether oxygens (including phenoxy) is 1. The third-order valence-electron chi connectivity index (χ3n) is 4.94. The molecule has 0 bridgehead atoms. The number of nitrogens with zero attached hydrogens (tertiary/aromatic N) is 3. The number of para-hydroxylation sites is 2. The zero-order valence-corrected chi connectivity index (χ0v) is 16.0. The van der Waals surface area contributed by atoms with Gasteiger partial charge in [0, 0.05) is 16.1 Å². The summed E-state index contributed by atoms with van der Waals surface area (Å²) in [6.07, 6.45) is -4.82. The molecule has 0 saturated carbocycles. The van der Waals surface area contributed by atoms with Crippen LogP contribution in [0, 0.1) is 0 Å². The Morgan fingerprint density at radius 1 is 0.867 bits per heavy atom. The fourth-order valence-corrected chi connectivity index (χ4v) is 3.74. The molecule has 0 spiro atoms. The van der Waals surface area contributed by atoms with Crippen molar-refractivity contribution in [3.63, 3.8) is 0 Å². The average Bonchev–Trinajstić information content (AvgIpc) is 3.12. The van der Waals surface area contributed by atoms with Gasteiger partial charge in [-0.15, -0.1) is 0 Å². The molecule has 4 aromatic rings. The van der Waals surface area contributed by atoms with Gasteiger partial charge >= 0.3 is 11.9 Å². The van der Waals surface area contributed by atoms with Crippen molar-refractivity contribution in [1.29, 1.82) is 0 Å². The summed E-state index contributed by atoms with van der Waals surface area (Å²) in [6, 6.07) is 20.3. The minimum absolute atomic E-state index is 0.0803. The Kier molecular flexibility index (Phi) is 4.11. The summed E-state index contributed by atoms with van der Waals surface area (Å²) in [6.45, 7) is 0. The first-order valence-corrected chi connectivity index (χ1v) is 9.42. The lowest BCUT2D eigenvalue weighted by Crippen LogP contribution is -2.53. The van der Waals surface area contributed by atoms with E-state index in [-0.39, 0.29) is 22.9 Å². The Balaban J connectivity index is 1.87. The quantitative estimate of drug-likeness (QED) is 0.390. The second kappa shape index (κ2) is 6.60. The van der Waals surface area contributed by atoms with Gasteiger partial charge in [0.15, 0.2) is 0 Å². The Morgan fingerprint density at radius 2 is 1.53 bits per heavy atom. The Hall–Kier alpha value is -3.32. The molecule has 0 saturated heterocycles. The third-order valence-corrected chi connectivity index (χ3v) is 5.20. The molecule has 1 atom stereocenters. The number of aliphatic imine (C=N–C) groups is 1. The maximum absolute atomic E-state index is 14.9. The molecular formula is C22H13ClF3N3O. The van der Waals surface area contributed by atoms with Crippen molar-refractivity contribution in [3.05, 3.63) is 95.0 Å². The standard InChI is InChI=1S/C22H13ClF3N3O/c23-16-12-10-14(11-13-16)19-28-20-27-17-8-4-5-9-18(17)29(20)21(30-19,22(24,25)26)15-6-2-1-3-7-15/h1-13H/t21-/m0/s1. The molecule has 0 aliphatic carbocycles. The first kappa shape index (κ1) is 18.7. The number of fused-ring (bicyclic) bond motifs is 3. The van der Waals surface area contributed by atoms with Crippen LogP contribution in [0.5, 0.6) is 0 Å². The first-order chi connectivity index (χ1) is 14.4. The molecule has 0 radical (unpaired) electrons. The molecule has 0 unspecified atom stereocenters. The van der Waals surface area contributed by atoms with Crippen molar-refractivity contribution < 1.29 is 17.9 Å². The van der Waals surface area contributed by atoms with E-state index in [9.17, 15) is 13.2 Å². The number of hydrogen-bond donors (Lipinski definition) is 0. The SMILES string of the molecule is FC(F)(F)[C@]1(c2ccccc2)OC(c2ccc(Cl)cc2)=Nc2nc3ccccc3n21. The number of hydrogen-bond acceptors (Lipinski definition) is 3. The van der Waals surface area contributed by atoms with Gasteiger partial charge < -0.3 is 4.74 Å². The number of rotatable bonds is 2. The van der Waals surface area contributed by atoms with Crippen molar-refractivity contribution in [2.24, 2.45) is 4.99 Å². The van der Waals surface area contributed by atoms with Gasteiger partial charge in [-0.3, -0.25) is 4.57 Å². The highest BCUT2D eigenvalue weighted by molar-refractivity contribution is 6.30. The van der Waals surface area contributed by atoms with Crippen LogP contribution in [0.2, 0.25) is 5.02 Å². The van der Waals surface area contributed by atoms with Crippen LogP contribution in [0.1, 0.15) is 11.1 Å². The largest absolute Gasteiger partial charge is 0.454 e. The second-order valence-corrected chi connectivity index (χ2v) is 7.21. The fourth-order valence-electron chi connectivity index (χ4n) is 3.61. The van der Waals surface area contributed by atoms with Crippen LogP contribution in [-0.2, 0) is 10.5 Å². The van der Waals surface area contributed by atoms with Crippen molar-refractivity contribution in [2.45, 2.75) is 11.9 Å². The Bertz CT molecular complexity index is 1270. The molecule has 0 N–H and O–H groups in total. The molecule has 30 heavy (non-hydrogen) atoms. The van der Waals surface area contributed by atoms with Crippen LogP contribution in [0.25, 0.3) is 11.0 Å². The first-order valence-electron chi connectivity index (χ1n) is 9.04. The molecule has 0 fully saturated rings. The molecule has 1 aliphatic rings. The minimum Gasteiger partial charge on any atom is -0.436 e. The minimum atomic E-state index is -4.82. The monoisotopic (exact) mass is 427 g/mol. The third kappa shape index (κ3) is 2.69. The van der Waals surface area contributed by atoms with Crippen LogP contribution >= 0.6 is 11.6 Å². The van der Waals surface area contributed by atoms with E-state index in [1.54, 1.807) is 66.7 Å². The number of imidazole rings is 1. The number of benzene rings is 3. The van der Waals surface area contributed by atoms with Gasteiger partial charge in [0.25, 0.3) is 0 Å². The number of alkyl halides is 3. The molecule has 8 heteroatoms. The van der Waals surface area contributed by atoms with Gasteiger partial charge in [-0.05, 0) is 36.4 Å². The Labute approximate surface area is 174 Å². The summed E-state index contributed by atoms with van der Waals surface area (Å²) in [4.78, 5) is 8.67. The highest BCUT2D eigenvalue weighted by Gasteiger charge is 2.63. The lowest BCUT2D eigenvalue weighted by atomic mass is 10.00. The summed E-state index contributed by atoms with van der Waals surface area (Å²) in [5.41, 5.74) is -1.89. The van der Waals surface area contributed by atoms with Crippen molar-refractivity contribution in [1.82, 2.24) is 9.55 Å². The lowest BCUT2D eigenvalue weighted by Gasteiger charge is -2.40. The molecule has 0 amide bonds. The molecule has 1 aromatic heterocycles. The fraction of sp³-hybridized carbons (Fsp3) is 0.0909. The van der Waals surface area contributed by atoms with E-state index in [4.69, 9.17) is 16.3 Å². The summed E-state index contributed by atoms with van der Waals surface area (Å²) < 4.78 is 51.4. The van der Waals surface area contributed by atoms with E-state index in [1.807, 2.05) is 0 Å². The van der Waals surface area contributed by atoms with Crippen molar-refractivity contribution in [2.75, 3.05) is 0 Å². The molecular weight excluding hydrogens is 415 g/mol. The second-order valence-electron chi connectivity index (χ2n) is 6.77. The van der Waals surface area contributed by atoms with E-state index >= 15 is 0 Å². The van der Waals surface area contributed by atoms with Gasteiger partial charge in [0.05, 0.1) is 11.0 Å². The van der Waals surface area contributed by atoms with Crippen molar-refractivity contribution in [3.8, 4) is 0 Å². The summed E-state index contributed by atoms with van der Waals surface area (Å²) >= 11 is 5.93. The van der Waals surface area contributed by atoms with E-state index < -0.39 is 11.9 Å². The van der Waals surface area contributed by atoms with Crippen LogP contribution in [0.4, 0.5) is 19.1 Å². The van der Waals surface area contributed by atoms with Gasteiger partial charge in [-0.1, -0.05) is 54.1 Å². The Morgan fingerprint density at radius 3 is 2.23 bits per heavy atom. The average molecular weight is 428 g/mol. The van der Waals surface area contributed by atoms with Gasteiger partial charge in [-0.2, -0.15) is 18.2 Å². The van der Waals surface area contributed by atoms with Gasteiger partial charge in [0.2, 0.25) is 11.8 Å². The molecule has 150 valence electrons. The van der Waals surface area contributed by atoms with Crippen LogP contribution < -0.4 is 0 Å². The van der Waals surface area contributed by atoms with E-state index in [0.29, 0.717) is 16.1 Å². The van der Waals surface area contributed by atoms with Gasteiger partial charge in [-0.25, -0.2) is 4.98 Å². The number of halogens is 4. The highest BCUT2D eigenvalue weighted by atomic mass is 35.5. The van der Waals surface area contributed by atoms with Crippen molar-refractivity contribution >= 4 is 34.5 Å². The predicted octanol–water partition coefficient (Wildman–Crippen LogP) is 6.06. The zero-order chi connectivity index (χ0) is 20.9. The number of aromatic nitrogens is 2. The summed E-state index contributed by atoms with van der Waals surface area (Å²) in [7, 11) is 0. The van der Waals surface area contributed by atoms with E-state index in [0.717, 1.165) is 4.57 Å². The maximum atomic E-state index is 14.9. The summed E-state index contributed by atoms with van der Waals surface area (Å²) in [5, 5.41) is 0.451. The zero-order valence-electron chi connectivity index (χ0n) is 15.3. The molecule has 4 nitrogen and oxygen atoms in total. The lowest BCUT2D eigenvalue weighted by molar-refractivity contribution is -0.271. The topological polar surface area (TPSA) is 39.4 Å². The van der Waals surface area contributed by atoms with E-state index in [1.165, 1.54) is 12.1 Å².